The summed E-state index contributed by atoms with van der Waals surface area (Å²) in [6.45, 7) is 2.76. The van der Waals surface area contributed by atoms with E-state index in [2.05, 4.69) is 21.2 Å². The van der Waals surface area contributed by atoms with Gasteiger partial charge in [-0.1, -0.05) is 0 Å². The fourth-order valence-corrected chi connectivity index (χ4v) is 2.91. The van der Waals surface area contributed by atoms with Gasteiger partial charge in [-0.3, -0.25) is 0 Å². The summed E-state index contributed by atoms with van der Waals surface area (Å²) in [5.74, 6) is -7.57. The maximum Gasteiger partial charge on any atom is 0.416 e. The number of cyclic esters (lactones) is 2. The summed E-state index contributed by atoms with van der Waals surface area (Å²) < 4.78 is 81.5. The highest BCUT2D eigenvalue weighted by Crippen LogP contribution is 2.37. The van der Waals surface area contributed by atoms with Crippen molar-refractivity contribution in [1.29, 1.82) is 0 Å². The first kappa shape index (κ1) is 23.5. The largest absolute Gasteiger partial charge is 0.451 e. The second kappa shape index (κ2) is 8.41. The summed E-state index contributed by atoms with van der Waals surface area (Å²) in [5.41, 5.74) is -1.75. The first-order valence-electron chi connectivity index (χ1n) is 8.74. The minimum Gasteiger partial charge on any atom is -0.451 e. The van der Waals surface area contributed by atoms with Crippen molar-refractivity contribution >= 4 is 33.6 Å². The van der Waals surface area contributed by atoms with Crippen molar-refractivity contribution in [3.63, 3.8) is 0 Å². The predicted octanol–water partition coefficient (Wildman–Crippen LogP) is 5.67. The predicted molar refractivity (Wildman–Crippen MR) is 104 cm³/mol. The Morgan fingerprint density at radius 3 is 2.12 bits per heavy atom. The third-order valence-corrected chi connectivity index (χ3v) is 4.66. The molecule has 3 rings (SSSR count). The number of esters is 2. The molecule has 0 aromatic heterocycles. The number of carbonyl (C=O) groups excluding carboxylic acids is 2. The summed E-state index contributed by atoms with van der Waals surface area (Å²) in [6, 6.07) is 4.13. The van der Waals surface area contributed by atoms with Crippen molar-refractivity contribution in [3.8, 4) is 11.5 Å². The first-order chi connectivity index (χ1) is 14.8. The number of carbonyl (C=O) groups is 2. The average Bonchev–Trinajstić information content (AvgIpc) is 2.64. The molecule has 32 heavy (non-hydrogen) atoms. The molecule has 0 unspecified atom stereocenters. The molecule has 0 spiro atoms. The van der Waals surface area contributed by atoms with Crippen LogP contribution in [-0.2, 0) is 25.2 Å². The Bertz CT molecular complexity index is 1080. The second-order valence-electron chi connectivity index (χ2n) is 6.89. The molecule has 12 heteroatoms. The van der Waals surface area contributed by atoms with E-state index in [1.165, 1.54) is 32.0 Å². The summed E-state index contributed by atoms with van der Waals surface area (Å²) in [5, 5.41) is 2.63. The normalized spacial score (nSPS) is 15.7. The minimum atomic E-state index is -4.93. The van der Waals surface area contributed by atoms with Gasteiger partial charge in [0.05, 0.1) is 11.3 Å². The van der Waals surface area contributed by atoms with Gasteiger partial charge in [-0.15, -0.1) is 0 Å². The number of ether oxygens (including phenoxy) is 3. The number of alkyl halides is 3. The fraction of sp³-hybridized carbons (Fsp3) is 0.200. The Morgan fingerprint density at radius 2 is 1.59 bits per heavy atom. The average molecular weight is 522 g/mol. The number of hydrogen-bond acceptors (Lipinski definition) is 6. The Labute approximate surface area is 186 Å². The molecule has 1 aliphatic rings. The second-order valence-corrected chi connectivity index (χ2v) is 7.75. The zero-order chi connectivity index (χ0) is 23.8. The monoisotopic (exact) mass is 521 g/mol. The highest BCUT2D eigenvalue weighted by molar-refractivity contribution is 9.10. The molecule has 0 aliphatic carbocycles. The number of benzene rings is 2. The van der Waals surface area contributed by atoms with Crippen LogP contribution in [0.3, 0.4) is 0 Å². The van der Waals surface area contributed by atoms with Crippen LogP contribution in [0.5, 0.6) is 11.5 Å². The molecule has 1 aliphatic heterocycles. The van der Waals surface area contributed by atoms with Gasteiger partial charge in [0.1, 0.15) is 5.75 Å². The van der Waals surface area contributed by atoms with E-state index in [4.69, 9.17) is 14.2 Å². The molecule has 1 saturated heterocycles. The van der Waals surface area contributed by atoms with Crippen molar-refractivity contribution in [2.24, 2.45) is 0 Å². The van der Waals surface area contributed by atoms with Gasteiger partial charge in [0.2, 0.25) is 0 Å². The lowest BCUT2D eigenvalue weighted by molar-refractivity contribution is -0.222. The van der Waals surface area contributed by atoms with E-state index in [1.807, 2.05) is 0 Å². The molecule has 0 radical (unpaired) electrons. The Hall–Kier alpha value is -3.15. The highest BCUT2D eigenvalue weighted by atomic mass is 79.9. The lowest BCUT2D eigenvalue weighted by Gasteiger charge is -2.29. The molecule has 0 bridgehead atoms. The van der Waals surface area contributed by atoms with E-state index < -0.39 is 52.4 Å². The van der Waals surface area contributed by atoms with Crippen LogP contribution in [0.15, 0.2) is 46.6 Å². The Balaban J connectivity index is 1.84. The van der Waals surface area contributed by atoms with Crippen molar-refractivity contribution in [3.05, 3.63) is 63.8 Å². The van der Waals surface area contributed by atoms with E-state index in [9.17, 15) is 31.5 Å². The number of hydrogen-bond donors (Lipinski definition) is 1. The van der Waals surface area contributed by atoms with Crippen LogP contribution < -0.4 is 10.1 Å². The molecule has 0 saturated carbocycles. The van der Waals surface area contributed by atoms with Gasteiger partial charge < -0.3 is 19.5 Å². The van der Waals surface area contributed by atoms with E-state index in [0.29, 0.717) is 4.47 Å². The standard InChI is InChI=1S/C20H13BrF5NO5/c1-19(2)31-17(28)11(18(29)32-19)8-27-15-7-10(3-4-12(15)21)30-16-13(22)5-9(6-14(16)23)20(24,25)26/h3-8,27H,1-2H3. The fourth-order valence-electron chi connectivity index (χ4n) is 2.55. The molecular formula is C20H13BrF5NO5. The van der Waals surface area contributed by atoms with E-state index >= 15 is 0 Å². The van der Waals surface area contributed by atoms with Crippen molar-refractivity contribution in [1.82, 2.24) is 0 Å². The van der Waals surface area contributed by atoms with Crippen LogP contribution in [0, 0.1) is 11.6 Å². The molecule has 1 fully saturated rings. The maximum atomic E-state index is 14.0. The lowest BCUT2D eigenvalue weighted by Crippen LogP contribution is -2.42. The molecule has 2 aromatic rings. The van der Waals surface area contributed by atoms with Gasteiger partial charge in [-0.05, 0) is 40.2 Å². The van der Waals surface area contributed by atoms with Crippen LogP contribution in [0.2, 0.25) is 0 Å². The van der Waals surface area contributed by atoms with Crippen molar-refractivity contribution in [2.45, 2.75) is 25.8 Å². The molecule has 1 heterocycles. The van der Waals surface area contributed by atoms with Gasteiger partial charge in [-0.2, -0.15) is 13.2 Å². The summed E-state index contributed by atoms with van der Waals surface area (Å²) in [7, 11) is 0. The third-order valence-electron chi connectivity index (χ3n) is 3.97. The Morgan fingerprint density at radius 1 is 1.03 bits per heavy atom. The molecule has 0 atom stereocenters. The molecule has 0 amide bonds. The zero-order valence-corrected chi connectivity index (χ0v) is 17.9. The van der Waals surface area contributed by atoms with Crippen LogP contribution in [-0.4, -0.2) is 17.7 Å². The van der Waals surface area contributed by atoms with Gasteiger partial charge in [-0.25, -0.2) is 18.4 Å². The van der Waals surface area contributed by atoms with E-state index in [1.54, 1.807) is 0 Å². The quantitative estimate of drug-likeness (QED) is 0.242. The van der Waals surface area contributed by atoms with Crippen LogP contribution in [0.4, 0.5) is 27.6 Å². The van der Waals surface area contributed by atoms with Crippen LogP contribution >= 0.6 is 15.9 Å². The summed E-state index contributed by atoms with van der Waals surface area (Å²) in [6.07, 6.45) is -3.93. The number of halogens is 6. The van der Waals surface area contributed by atoms with E-state index in [-0.39, 0.29) is 23.6 Å². The molecule has 1 N–H and O–H groups in total. The molecule has 170 valence electrons. The SMILES string of the molecule is CC1(C)OC(=O)C(=CNc2cc(Oc3c(F)cc(C(F)(F)F)cc3F)ccc2Br)C(=O)O1. The summed E-state index contributed by atoms with van der Waals surface area (Å²) in [4.78, 5) is 24.0. The zero-order valence-electron chi connectivity index (χ0n) is 16.3. The van der Waals surface area contributed by atoms with Gasteiger partial charge >= 0.3 is 18.1 Å². The lowest BCUT2D eigenvalue weighted by atomic mass is 10.2. The Kier molecular flexibility index (Phi) is 6.18. The number of nitrogens with one attached hydrogen (secondary N) is 1. The smallest absolute Gasteiger partial charge is 0.416 e. The topological polar surface area (TPSA) is 73.9 Å². The van der Waals surface area contributed by atoms with Crippen molar-refractivity contribution < 1.29 is 45.8 Å². The van der Waals surface area contributed by atoms with Gasteiger partial charge in [0, 0.05) is 30.6 Å². The summed E-state index contributed by atoms with van der Waals surface area (Å²) >= 11 is 3.20. The van der Waals surface area contributed by atoms with Gasteiger partial charge in [0.25, 0.3) is 5.79 Å². The maximum absolute atomic E-state index is 14.0. The first-order valence-corrected chi connectivity index (χ1v) is 9.53. The number of rotatable bonds is 4. The highest BCUT2D eigenvalue weighted by Gasteiger charge is 2.39. The van der Waals surface area contributed by atoms with Crippen LogP contribution in [0.25, 0.3) is 0 Å². The van der Waals surface area contributed by atoms with E-state index in [0.717, 1.165) is 6.20 Å². The van der Waals surface area contributed by atoms with Gasteiger partial charge in [0.15, 0.2) is 23.0 Å². The third kappa shape index (κ3) is 5.18. The van der Waals surface area contributed by atoms with Crippen molar-refractivity contribution in [2.75, 3.05) is 5.32 Å². The molecule has 2 aromatic carbocycles. The molecular weight excluding hydrogens is 509 g/mol. The minimum absolute atomic E-state index is 0.114. The number of anilines is 1. The molecule has 6 nitrogen and oxygen atoms in total. The van der Waals surface area contributed by atoms with Crippen LogP contribution in [0.1, 0.15) is 19.4 Å².